The van der Waals surface area contributed by atoms with Crippen molar-refractivity contribution in [1.82, 2.24) is 15.3 Å². The Morgan fingerprint density at radius 3 is 1.45 bits per heavy atom. The zero-order valence-corrected chi connectivity index (χ0v) is 39.7. The van der Waals surface area contributed by atoms with Crippen molar-refractivity contribution in [3.8, 4) is 53.5 Å². The SMILES string of the molecule is CC1(c2cc(-c3cnc(-c4ccc(C(=O)O)cc4)s3)ccc2OCC2CC2)CCCCC1.CCNC(=O)COc1ccc(-c2cnc(-c3ccc(C(=O)O)cc3)s2)cc1C1(C)CCCCC1. The van der Waals surface area contributed by atoms with Crippen LogP contribution in [0.5, 0.6) is 11.5 Å². The normalized spacial score (nSPS) is 16.3. The number of carbonyl (C=O) groups excluding carboxylic acids is 1. The summed E-state index contributed by atoms with van der Waals surface area (Å²) < 4.78 is 12.3. The van der Waals surface area contributed by atoms with Gasteiger partial charge in [0.05, 0.1) is 27.5 Å². The fourth-order valence-corrected chi connectivity index (χ4v) is 11.1. The van der Waals surface area contributed by atoms with Gasteiger partial charge in [-0.1, -0.05) is 76.6 Å². The molecule has 0 unspecified atom stereocenters. The van der Waals surface area contributed by atoms with Gasteiger partial charge < -0.3 is 25.0 Å². The van der Waals surface area contributed by atoms with Crippen LogP contribution in [0.1, 0.15) is 130 Å². The molecular formula is C54H59N3O7S2. The van der Waals surface area contributed by atoms with Crippen LogP contribution < -0.4 is 14.8 Å². The number of thiazole rings is 2. The first kappa shape index (κ1) is 46.7. The van der Waals surface area contributed by atoms with Gasteiger partial charge in [-0.25, -0.2) is 19.6 Å². The lowest BCUT2D eigenvalue weighted by Crippen LogP contribution is -2.30. The zero-order chi connectivity index (χ0) is 46.3. The van der Waals surface area contributed by atoms with Gasteiger partial charge in [-0.15, -0.1) is 22.7 Å². The number of rotatable bonds is 15. The van der Waals surface area contributed by atoms with E-state index in [4.69, 9.17) is 19.7 Å². The monoisotopic (exact) mass is 925 g/mol. The Hall–Kier alpha value is -5.85. The number of aromatic carboxylic acids is 2. The summed E-state index contributed by atoms with van der Waals surface area (Å²) in [6, 6.07) is 26.5. The summed E-state index contributed by atoms with van der Waals surface area (Å²) in [5.74, 6) is 0.590. The van der Waals surface area contributed by atoms with Crippen LogP contribution in [0.2, 0.25) is 0 Å². The van der Waals surface area contributed by atoms with Crippen molar-refractivity contribution in [3.05, 3.63) is 120 Å². The highest BCUT2D eigenvalue weighted by Gasteiger charge is 2.34. The maximum atomic E-state index is 12.0. The molecule has 3 aliphatic carbocycles. The molecule has 3 fully saturated rings. The fraction of sp³-hybridized carbons (Fsp3) is 0.389. The highest BCUT2D eigenvalue weighted by atomic mass is 32.1. The maximum absolute atomic E-state index is 12.0. The van der Waals surface area contributed by atoms with E-state index in [0.717, 1.165) is 78.9 Å². The number of likely N-dealkylation sites (N-methyl/N-ethyl adjacent to an activating group) is 1. The number of ether oxygens (including phenoxy) is 2. The van der Waals surface area contributed by atoms with Crippen LogP contribution in [0.25, 0.3) is 42.0 Å². The van der Waals surface area contributed by atoms with Gasteiger partial charge in [0.15, 0.2) is 6.61 Å². The van der Waals surface area contributed by atoms with Gasteiger partial charge in [0.25, 0.3) is 5.91 Å². The van der Waals surface area contributed by atoms with E-state index >= 15 is 0 Å². The molecule has 6 aromatic rings. The second-order valence-corrected chi connectivity index (χ2v) is 20.5. The first-order valence-electron chi connectivity index (χ1n) is 23.3. The number of hydrogen-bond acceptors (Lipinski definition) is 9. The first-order chi connectivity index (χ1) is 31.9. The molecule has 4 aromatic carbocycles. The molecule has 1 amide bonds. The lowest BCUT2D eigenvalue weighted by Gasteiger charge is -2.35. The van der Waals surface area contributed by atoms with E-state index in [0.29, 0.717) is 6.54 Å². The smallest absolute Gasteiger partial charge is 0.335 e. The van der Waals surface area contributed by atoms with Gasteiger partial charge in [0.1, 0.15) is 21.5 Å². The summed E-state index contributed by atoms with van der Waals surface area (Å²) in [4.78, 5) is 45.6. The molecule has 2 aromatic heterocycles. The van der Waals surface area contributed by atoms with E-state index in [1.54, 1.807) is 59.1 Å². The van der Waals surface area contributed by atoms with Crippen molar-refractivity contribution < 1.29 is 34.1 Å². The molecule has 0 aliphatic heterocycles. The minimum absolute atomic E-state index is 0.00497. The second-order valence-electron chi connectivity index (χ2n) is 18.5. The van der Waals surface area contributed by atoms with Gasteiger partial charge in [-0.3, -0.25) is 4.79 Å². The Morgan fingerprint density at radius 1 is 0.621 bits per heavy atom. The summed E-state index contributed by atoms with van der Waals surface area (Å²) in [6.07, 6.45) is 18.5. The molecule has 3 saturated carbocycles. The molecular weight excluding hydrogens is 867 g/mol. The summed E-state index contributed by atoms with van der Waals surface area (Å²) >= 11 is 3.22. The number of aromatic nitrogens is 2. The number of amides is 1. The van der Waals surface area contributed by atoms with Gasteiger partial charge in [-0.05, 0) is 134 Å². The summed E-state index contributed by atoms with van der Waals surface area (Å²) in [6.45, 7) is 8.01. The fourth-order valence-electron chi connectivity index (χ4n) is 9.24. The average molecular weight is 926 g/mol. The molecule has 0 radical (unpaired) electrons. The molecule has 0 spiro atoms. The average Bonchev–Trinajstić information content (AvgIpc) is 3.79. The van der Waals surface area contributed by atoms with Crippen LogP contribution in [0, 0.1) is 5.92 Å². The summed E-state index contributed by atoms with van der Waals surface area (Å²) in [5, 5.41) is 22.8. The molecule has 66 heavy (non-hydrogen) atoms. The minimum atomic E-state index is -0.940. The molecule has 3 aliphatic rings. The molecule has 12 heteroatoms. The van der Waals surface area contributed by atoms with Crippen LogP contribution in [-0.4, -0.2) is 57.8 Å². The first-order valence-corrected chi connectivity index (χ1v) is 25.0. The quantitative estimate of drug-likeness (QED) is 0.0915. The zero-order valence-electron chi connectivity index (χ0n) is 38.1. The Morgan fingerprint density at radius 2 is 1.05 bits per heavy atom. The van der Waals surface area contributed by atoms with E-state index in [1.165, 1.54) is 75.3 Å². The van der Waals surface area contributed by atoms with Gasteiger partial charge >= 0.3 is 11.9 Å². The lowest BCUT2D eigenvalue weighted by atomic mass is 9.70. The number of benzene rings is 4. The topological polar surface area (TPSA) is 148 Å². The van der Waals surface area contributed by atoms with Crippen molar-refractivity contribution >= 4 is 40.5 Å². The van der Waals surface area contributed by atoms with Crippen LogP contribution >= 0.6 is 22.7 Å². The Kier molecular flexibility index (Phi) is 14.7. The van der Waals surface area contributed by atoms with Crippen LogP contribution in [0.15, 0.2) is 97.3 Å². The van der Waals surface area contributed by atoms with E-state index in [9.17, 15) is 14.4 Å². The lowest BCUT2D eigenvalue weighted by molar-refractivity contribution is -0.123. The van der Waals surface area contributed by atoms with Crippen molar-refractivity contribution in [2.24, 2.45) is 5.92 Å². The number of carboxylic acids is 2. The minimum Gasteiger partial charge on any atom is -0.493 e. The third kappa shape index (κ3) is 11.2. The van der Waals surface area contributed by atoms with Crippen molar-refractivity contribution in [2.75, 3.05) is 19.8 Å². The second kappa shape index (κ2) is 20.8. The molecule has 2 heterocycles. The largest absolute Gasteiger partial charge is 0.493 e. The number of hydrogen-bond donors (Lipinski definition) is 3. The van der Waals surface area contributed by atoms with E-state index in [2.05, 4.69) is 53.4 Å². The molecule has 3 N–H and O–H groups in total. The third-order valence-electron chi connectivity index (χ3n) is 13.4. The standard InChI is InChI=1S/C27H30N2O4S.C27H29NO3S/c1-3-28-24(30)17-33-22-12-11-20(15-21(22)27(2)13-5-4-6-14-27)23-16-29-25(34-23)18-7-9-19(10-8-18)26(31)32;1-27(13-3-2-4-14-27)22-15-21(11-12-23(22)31-17-18-5-6-18)24-16-28-25(32-24)19-7-9-20(10-8-19)26(29)30/h7-12,15-16H,3-6,13-14,17H2,1-2H3,(H,28,30)(H,31,32);7-12,15-16,18H,2-6,13-14,17H2,1H3,(H,29,30). The number of carbonyl (C=O) groups is 3. The van der Waals surface area contributed by atoms with E-state index in [-0.39, 0.29) is 34.5 Å². The molecule has 9 rings (SSSR count). The predicted octanol–water partition coefficient (Wildman–Crippen LogP) is 13.1. The molecule has 0 saturated heterocycles. The summed E-state index contributed by atoms with van der Waals surface area (Å²) in [7, 11) is 0. The number of carboxylic acid groups (broad SMARTS) is 2. The van der Waals surface area contributed by atoms with Crippen LogP contribution in [-0.2, 0) is 15.6 Å². The third-order valence-corrected chi connectivity index (χ3v) is 15.6. The number of nitrogens with one attached hydrogen (secondary N) is 1. The Balaban J connectivity index is 0.000000180. The van der Waals surface area contributed by atoms with Crippen molar-refractivity contribution in [2.45, 2.75) is 109 Å². The van der Waals surface area contributed by atoms with Crippen LogP contribution in [0.4, 0.5) is 0 Å². The van der Waals surface area contributed by atoms with Gasteiger partial charge in [0.2, 0.25) is 0 Å². The van der Waals surface area contributed by atoms with Crippen LogP contribution in [0.3, 0.4) is 0 Å². The predicted molar refractivity (Wildman–Crippen MR) is 263 cm³/mol. The Labute approximate surface area is 395 Å². The van der Waals surface area contributed by atoms with Gasteiger partial charge in [-0.2, -0.15) is 0 Å². The molecule has 0 bridgehead atoms. The molecule has 10 nitrogen and oxygen atoms in total. The molecule has 344 valence electrons. The highest BCUT2D eigenvalue weighted by molar-refractivity contribution is 7.18. The Bertz CT molecular complexity index is 2640. The van der Waals surface area contributed by atoms with E-state index < -0.39 is 11.9 Å². The van der Waals surface area contributed by atoms with Gasteiger partial charge in [0, 0.05) is 41.2 Å². The summed E-state index contributed by atoms with van der Waals surface area (Å²) in [5.41, 5.74) is 7.28. The molecule has 0 atom stereocenters. The van der Waals surface area contributed by atoms with Crippen molar-refractivity contribution in [3.63, 3.8) is 0 Å². The van der Waals surface area contributed by atoms with E-state index in [1.807, 2.05) is 43.6 Å². The number of nitrogens with zero attached hydrogens (tertiary/aromatic N) is 2. The van der Waals surface area contributed by atoms with Crippen molar-refractivity contribution in [1.29, 1.82) is 0 Å². The maximum Gasteiger partial charge on any atom is 0.335 e. The highest BCUT2D eigenvalue weighted by Crippen LogP contribution is 2.47.